The minimum Gasteiger partial charge on any atom is -0.507 e. The molecule has 1 amide bonds. The van der Waals surface area contributed by atoms with E-state index in [9.17, 15) is 14.7 Å². The highest BCUT2D eigenvalue weighted by atomic mass is 16.6. The van der Waals surface area contributed by atoms with Crippen molar-refractivity contribution in [3.05, 3.63) is 108 Å². The fourth-order valence-electron chi connectivity index (χ4n) is 4.42. The predicted octanol–water partition coefficient (Wildman–Crippen LogP) is 4.64. The van der Waals surface area contributed by atoms with Crippen molar-refractivity contribution < 1.29 is 28.9 Å². The average Bonchev–Trinajstić information content (AvgIpc) is 3.17. The van der Waals surface area contributed by atoms with Crippen molar-refractivity contribution in [1.82, 2.24) is 4.90 Å². The molecule has 182 valence electrons. The maximum atomic E-state index is 13.3. The van der Waals surface area contributed by atoms with Crippen molar-refractivity contribution in [2.24, 2.45) is 0 Å². The number of ketones is 1. The molecule has 1 fully saturated rings. The number of hydrogen-bond donors (Lipinski definition) is 1. The van der Waals surface area contributed by atoms with Crippen LogP contribution in [0.3, 0.4) is 0 Å². The summed E-state index contributed by atoms with van der Waals surface area (Å²) in [7, 11) is 0. The van der Waals surface area contributed by atoms with Gasteiger partial charge < -0.3 is 24.2 Å². The molecular weight excluding hydrogens is 458 g/mol. The normalized spacial score (nSPS) is 18.2. The molecule has 0 radical (unpaired) electrons. The molecule has 0 aliphatic carbocycles. The van der Waals surface area contributed by atoms with Gasteiger partial charge in [-0.3, -0.25) is 9.59 Å². The fraction of sp³-hybridized carbons (Fsp3) is 0.172. The number of carbonyl (C=O) groups excluding carboxylic acids is 2. The Balaban J connectivity index is 1.59. The maximum Gasteiger partial charge on any atom is 0.295 e. The van der Waals surface area contributed by atoms with Crippen molar-refractivity contribution in [1.29, 1.82) is 0 Å². The first-order chi connectivity index (χ1) is 17.6. The van der Waals surface area contributed by atoms with Crippen LogP contribution in [-0.2, 0) is 16.1 Å². The van der Waals surface area contributed by atoms with E-state index >= 15 is 0 Å². The third-order valence-electron chi connectivity index (χ3n) is 6.12. The molecule has 3 aromatic rings. The molecule has 0 bridgehead atoms. The zero-order valence-electron chi connectivity index (χ0n) is 19.6. The number of aliphatic hydroxyl groups excluding tert-OH is 1. The highest BCUT2D eigenvalue weighted by Crippen LogP contribution is 2.42. The first-order valence-corrected chi connectivity index (χ1v) is 11.6. The van der Waals surface area contributed by atoms with Crippen LogP contribution in [0.4, 0.5) is 0 Å². The largest absolute Gasteiger partial charge is 0.507 e. The second-order valence-electron chi connectivity index (χ2n) is 8.44. The number of nitrogens with zero attached hydrogens (tertiary/aromatic N) is 1. The summed E-state index contributed by atoms with van der Waals surface area (Å²) in [6.45, 7) is 5.05. The quantitative estimate of drug-likeness (QED) is 0.228. The number of hydrogen-bond acceptors (Lipinski definition) is 6. The summed E-state index contributed by atoms with van der Waals surface area (Å²) in [5.41, 5.74) is 1.94. The first kappa shape index (κ1) is 23.2. The molecule has 5 rings (SSSR count). The molecule has 1 atom stereocenters. The van der Waals surface area contributed by atoms with Crippen molar-refractivity contribution >= 4 is 17.4 Å². The highest BCUT2D eigenvalue weighted by molar-refractivity contribution is 6.46. The Bertz CT molecular complexity index is 1330. The van der Waals surface area contributed by atoms with Crippen molar-refractivity contribution in [2.75, 3.05) is 19.8 Å². The summed E-state index contributed by atoms with van der Waals surface area (Å²) in [4.78, 5) is 28.0. The van der Waals surface area contributed by atoms with Crippen molar-refractivity contribution in [2.45, 2.75) is 12.6 Å². The SMILES string of the molecule is C=CCOc1ccc([C@@H]2/C(=C(\O)c3ccc4c(c3)OCCO4)C(=O)C(=O)N2Cc2ccccc2)cc1. The van der Waals surface area contributed by atoms with Crippen LogP contribution in [0, 0.1) is 0 Å². The van der Waals surface area contributed by atoms with Crippen LogP contribution in [0.5, 0.6) is 17.2 Å². The Morgan fingerprint density at radius 3 is 2.44 bits per heavy atom. The van der Waals surface area contributed by atoms with Gasteiger partial charge in [-0.05, 0) is 41.5 Å². The highest BCUT2D eigenvalue weighted by Gasteiger charge is 2.46. The van der Waals surface area contributed by atoms with E-state index < -0.39 is 17.7 Å². The number of aliphatic hydroxyl groups is 1. The van der Waals surface area contributed by atoms with E-state index in [4.69, 9.17) is 14.2 Å². The fourth-order valence-corrected chi connectivity index (χ4v) is 4.42. The van der Waals surface area contributed by atoms with Crippen LogP contribution in [-0.4, -0.2) is 41.5 Å². The van der Waals surface area contributed by atoms with E-state index in [2.05, 4.69) is 6.58 Å². The van der Waals surface area contributed by atoms with Gasteiger partial charge in [0.2, 0.25) is 0 Å². The van der Waals surface area contributed by atoms with Crippen molar-refractivity contribution in [3.63, 3.8) is 0 Å². The first-order valence-electron chi connectivity index (χ1n) is 11.6. The Hall–Kier alpha value is -4.52. The second-order valence-corrected chi connectivity index (χ2v) is 8.44. The van der Waals surface area contributed by atoms with E-state index in [1.807, 2.05) is 30.3 Å². The molecule has 36 heavy (non-hydrogen) atoms. The molecule has 2 heterocycles. The lowest BCUT2D eigenvalue weighted by Crippen LogP contribution is -2.29. The number of amides is 1. The van der Waals surface area contributed by atoms with Crippen LogP contribution in [0.1, 0.15) is 22.7 Å². The Kier molecular flexibility index (Phi) is 6.45. The monoisotopic (exact) mass is 483 g/mol. The molecule has 0 spiro atoms. The second kappa shape index (κ2) is 10.00. The molecule has 2 aliphatic rings. The van der Waals surface area contributed by atoms with Gasteiger partial charge in [0.05, 0.1) is 11.6 Å². The lowest BCUT2D eigenvalue weighted by molar-refractivity contribution is -0.140. The molecule has 1 saturated heterocycles. The number of fused-ring (bicyclic) bond motifs is 1. The van der Waals surface area contributed by atoms with Gasteiger partial charge in [0.1, 0.15) is 31.3 Å². The smallest absolute Gasteiger partial charge is 0.295 e. The molecule has 7 heteroatoms. The summed E-state index contributed by atoms with van der Waals surface area (Å²) < 4.78 is 16.8. The lowest BCUT2D eigenvalue weighted by Gasteiger charge is -2.26. The molecular formula is C29H25NO6. The summed E-state index contributed by atoms with van der Waals surface area (Å²) in [6.07, 6.45) is 1.65. The number of Topliss-reactive ketones (excluding diaryl/α,β-unsaturated/α-hetero) is 1. The van der Waals surface area contributed by atoms with Gasteiger partial charge in [-0.15, -0.1) is 0 Å². The van der Waals surface area contributed by atoms with Crippen LogP contribution in [0.25, 0.3) is 5.76 Å². The minimum atomic E-state index is -0.785. The van der Waals surface area contributed by atoms with Crippen LogP contribution in [0.2, 0.25) is 0 Å². The molecule has 0 aromatic heterocycles. The zero-order valence-corrected chi connectivity index (χ0v) is 19.6. The van der Waals surface area contributed by atoms with E-state index in [1.54, 1.807) is 48.5 Å². The summed E-state index contributed by atoms with van der Waals surface area (Å²) >= 11 is 0. The molecule has 3 aromatic carbocycles. The van der Waals surface area contributed by atoms with Gasteiger partial charge in [-0.25, -0.2) is 0 Å². The Morgan fingerprint density at radius 2 is 1.72 bits per heavy atom. The topological polar surface area (TPSA) is 85.3 Å². The summed E-state index contributed by atoms with van der Waals surface area (Å²) in [5.74, 6) is -0.00771. The Labute approximate surface area is 208 Å². The van der Waals surface area contributed by atoms with Crippen LogP contribution >= 0.6 is 0 Å². The van der Waals surface area contributed by atoms with E-state index in [-0.39, 0.29) is 17.9 Å². The number of rotatable bonds is 7. The molecule has 7 nitrogen and oxygen atoms in total. The van der Waals surface area contributed by atoms with Gasteiger partial charge in [-0.2, -0.15) is 0 Å². The standard InChI is InChI=1S/C29H25NO6/c1-2-14-34-22-11-8-20(9-12-22)26-25(27(31)21-10-13-23-24(17-21)36-16-15-35-23)28(32)29(33)30(26)18-19-6-4-3-5-7-19/h2-13,17,26,31H,1,14-16,18H2/b27-25+/t26-/m1/s1. The van der Waals surface area contributed by atoms with E-state index in [1.165, 1.54) is 4.90 Å². The third-order valence-corrected chi connectivity index (χ3v) is 6.12. The van der Waals surface area contributed by atoms with Crippen LogP contribution in [0.15, 0.2) is 91.0 Å². The van der Waals surface area contributed by atoms with Gasteiger partial charge in [0, 0.05) is 12.1 Å². The van der Waals surface area contributed by atoms with Gasteiger partial charge in [0.25, 0.3) is 11.7 Å². The van der Waals surface area contributed by atoms with Gasteiger partial charge in [0.15, 0.2) is 11.5 Å². The third kappa shape index (κ3) is 4.43. The summed E-state index contributed by atoms with van der Waals surface area (Å²) in [5, 5.41) is 11.3. The van der Waals surface area contributed by atoms with Gasteiger partial charge >= 0.3 is 0 Å². The maximum absolute atomic E-state index is 13.3. The lowest BCUT2D eigenvalue weighted by atomic mass is 9.95. The van der Waals surface area contributed by atoms with E-state index in [0.29, 0.717) is 48.2 Å². The Morgan fingerprint density at radius 1 is 1.00 bits per heavy atom. The number of likely N-dealkylation sites (tertiary alicyclic amines) is 1. The molecule has 2 aliphatic heterocycles. The van der Waals surface area contributed by atoms with E-state index in [0.717, 1.165) is 5.56 Å². The number of ether oxygens (including phenoxy) is 3. The molecule has 1 N–H and O–H groups in total. The number of carbonyl (C=O) groups is 2. The zero-order chi connectivity index (χ0) is 25.1. The van der Waals surface area contributed by atoms with Crippen molar-refractivity contribution in [3.8, 4) is 17.2 Å². The predicted molar refractivity (Wildman–Crippen MR) is 134 cm³/mol. The van der Waals surface area contributed by atoms with Crippen LogP contribution < -0.4 is 14.2 Å². The number of benzene rings is 3. The minimum absolute atomic E-state index is 0.0207. The molecule has 0 saturated carbocycles. The van der Waals surface area contributed by atoms with Gasteiger partial charge in [-0.1, -0.05) is 55.1 Å². The average molecular weight is 484 g/mol. The molecule has 0 unspecified atom stereocenters. The summed E-state index contributed by atoms with van der Waals surface area (Å²) in [6, 6.07) is 20.7.